The molecular weight excluding hydrogens is 184 g/mol. The van der Waals surface area contributed by atoms with Gasteiger partial charge in [-0.25, -0.2) is 0 Å². The summed E-state index contributed by atoms with van der Waals surface area (Å²) in [6.45, 7) is 1.49. The third-order valence-corrected chi connectivity index (χ3v) is 2.46. The number of aliphatic hydroxyl groups excluding tert-OH is 1. The van der Waals surface area contributed by atoms with Gasteiger partial charge in [-0.2, -0.15) is 0 Å². The zero-order chi connectivity index (χ0) is 10.6. The van der Waals surface area contributed by atoms with Crippen LogP contribution in [0.25, 0.3) is 0 Å². The normalized spacial score (nSPS) is 27.1. The molecule has 1 aliphatic heterocycles. The number of aliphatic hydroxyl groups is 1. The van der Waals surface area contributed by atoms with Crippen molar-refractivity contribution in [1.82, 2.24) is 10.2 Å². The number of aliphatic carboxylic acids is 1. The number of carboxylic acid groups (broad SMARTS) is 1. The van der Waals surface area contributed by atoms with Crippen molar-refractivity contribution in [3.8, 4) is 0 Å². The monoisotopic (exact) mass is 202 g/mol. The highest BCUT2D eigenvalue weighted by Gasteiger charge is 2.21. The maximum atomic E-state index is 10.4. The summed E-state index contributed by atoms with van der Waals surface area (Å²) in [6, 6.07) is 0.334. The van der Waals surface area contributed by atoms with E-state index in [-0.39, 0.29) is 12.6 Å². The number of carboxylic acids is 1. The number of carbonyl (C=O) groups is 1. The highest BCUT2D eigenvalue weighted by molar-refractivity contribution is 5.68. The van der Waals surface area contributed by atoms with Crippen LogP contribution in [-0.2, 0) is 4.79 Å². The number of hydrogen-bond donors (Lipinski definition) is 3. The molecular formula is C9H18N2O3. The molecule has 2 atom stereocenters. The first-order chi connectivity index (χ1) is 6.58. The van der Waals surface area contributed by atoms with Crippen molar-refractivity contribution in [2.75, 3.05) is 26.7 Å². The fourth-order valence-corrected chi connectivity index (χ4v) is 1.70. The van der Waals surface area contributed by atoms with Gasteiger partial charge < -0.3 is 15.5 Å². The molecule has 5 nitrogen and oxygen atoms in total. The van der Waals surface area contributed by atoms with Crippen LogP contribution in [0.1, 0.15) is 12.8 Å². The van der Waals surface area contributed by atoms with E-state index in [2.05, 4.69) is 5.32 Å². The van der Waals surface area contributed by atoms with E-state index in [0.717, 1.165) is 19.4 Å². The molecule has 0 amide bonds. The minimum atomic E-state index is -0.799. The van der Waals surface area contributed by atoms with Gasteiger partial charge in [0, 0.05) is 12.6 Å². The summed E-state index contributed by atoms with van der Waals surface area (Å²) in [6.07, 6.45) is 1.44. The van der Waals surface area contributed by atoms with E-state index in [1.807, 2.05) is 0 Å². The molecule has 0 radical (unpaired) electrons. The highest BCUT2D eigenvalue weighted by Crippen LogP contribution is 2.09. The van der Waals surface area contributed by atoms with E-state index in [4.69, 9.17) is 5.11 Å². The molecule has 1 saturated heterocycles. The second kappa shape index (κ2) is 5.29. The first-order valence-electron chi connectivity index (χ1n) is 4.89. The largest absolute Gasteiger partial charge is 0.480 e. The van der Waals surface area contributed by atoms with Crippen LogP contribution in [-0.4, -0.2) is 59.9 Å². The average Bonchev–Trinajstić information content (AvgIpc) is 2.47. The number of likely N-dealkylation sites (N-methyl/N-ethyl adjacent to an activating group) is 1. The average molecular weight is 202 g/mol. The molecule has 3 N–H and O–H groups in total. The lowest BCUT2D eigenvalue weighted by Crippen LogP contribution is -2.31. The van der Waals surface area contributed by atoms with Crippen LogP contribution >= 0.6 is 0 Å². The Bertz CT molecular complexity index is 198. The van der Waals surface area contributed by atoms with E-state index < -0.39 is 5.97 Å². The van der Waals surface area contributed by atoms with Gasteiger partial charge in [0.2, 0.25) is 0 Å². The second-order valence-corrected chi connectivity index (χ2v) is 3.91. The van der Waals surface area contributed by atoms with E-state index in [1.165, 1.54) is 0 Å². The Morgan fingerprint density at radius 2 is 2.36 bits per heavy atom. The van der Waals surface area contributed by atoms with Gasteiger partial charge in [-0.3, -0.25) is 9.69 Å². The SMILES string of the molecule is CN(CCC1CC(O)CN1)CC(=O)O. The van der Waals surface area contributed by atoms with Crippen LogP contribution in [0.3, 0.4) is 0 Å². The van der Waals surface area contributed by atoms with Crippen molar-refractivity contribution < 1.29 is 15.0 Å². The number of hydrogen-bond acceptors (Lipinski definition) is 4. The molecule has 0 aliphatic carbocycles. The molecule has 82 valence electrons. The standard InChI is InChI=1S/C9H18N2O3/c1-11(6-9(13)14)3-2-7-4-8(12)5-10-7/h7-8,10,12H,2-6H2,1H3,(H,13,14). The lowest BCUT2D eigenvalue weighted by Gasteiger charge is -2.16. The van der Waals surface area contributed by atoms with Crippen LogP contribution in [0.4, 0.5) is 0 Å². The Morgan fingerprint density at radius 3 is 2.86 bits per heavy atom. The first-order valence-corrected chi connectivity index (χ1v) is 4.89. The Morgan fingerprint density at radius 1 is 1.64 bits per heavy atom. The molecule has 0 saturated carbocycles. The van der Waals surface area contributed by atoms with E-state index in [1.54, 1.807) is 11.9 Å². The van der Waals surface area contributed by atoms with Crippen LogP contribution in [0.15, 0.2) is 0 Å². The lowest BCUT2D eigenvalue weighted by atomic mass is 10.1. The van der Waals surface area contributed by atoms with Gasteiger partial charge in [-0.05, 0) is 26.4 Å². The molecule has 0 aromatic heterocycles. The predicted molar refractivity (Wildman–Crippen MR) is 52.2 cm³/mol. The Balaban J connectivity index is 2.11. The molecule has 1 aliphatic rings. The Hall–Kier alpha value is -0.650. The summed E-state index contributed by atoms with van der Waals surface area (Å²) in [4.78, 5) is 12.1. The third-order valence-electron chi connectivity index (χ3n) is 2.46. The van der Waals surface area contributed by atoms with Crippen LogP contribution in [0.2, 0.25) is 0 Å². The second-order valence-electron chi connectivity index (χ2n) is 3.91. The summed E-state index contributed by atoms with van der Waals surface area (Å²) in [5, 5.41) is 21.0. The number of nitrogens with one attached hydrogen (secondary N) is 1. The maximum absolute atomic E-state index is 10.4. The van der Waals surface area contributed by atoms with Crippen molar-refractivity contribution in [2.24, 2.45) is 0 Å². The van der Waals surface area contributed by atoms with Crippen molar-refractivity contribution >= 4 is 5.97 Å². The molecule has 5 heteroatoms. The third kappa shape index (κ3) is 4.04. The van der Waals surface area contributed by atoms with Crippen molar-refractivity contribution in [1.29, 1.82) is 0 Å². The molecule has 1 fully saturated rings. The molecule has 0 aromatic carbocycles. The summed E-state index contributed by atoms with van der Waals surface area (Å²) in [7, 11) is 1.79. The van der Waals surface area contributed by atoms with Crippen molar-refractivity contribution in [2.45, 2.75) is 25.0 Å². The molecule has 1 heterocycles. The molecule has 1 rings (SSSR count). The van der Waals surface area contributed by atoms with Gasteiger partial charge in [0.05, 0.1) is 12.6 Å². The van der Waals surface area contributed by atoms with Gasteiger partial charge in [0.1, 0.15) is 0 Å². The van der Waals surface area contributed by atoms with Gasteiger partial charge in [-0.1, -0.05) is 0 Å². The van der Waals surface area contributed by atoms with Gasteiger partial charge in [0.15, 0.2) is 0 Å². The fraction of sp³-hybridized carbons (Fsp3) is 0.889. The Labute approximate surface area is 83.7 Å². The first kappa shape index (κ1) is 11.4. The van der Waals surface area contributed by atoms with E-state index in [9.17, 15) is 9.90 Å². The van der Waals surface area contributed by atoms with Gasteiger partial charge >= 0.3 is 5.97 Å². The minimum Gasteiger partial charge on any atom is -0.480 e. The molecule has 0 spiro atoms. The summed E-state index contributed by atoms with van der Waals surface area (Å²) in [5.41, 5.74) is 0. The number of rotatable bonds is 5. The molecule has 0 bridgehead atoms. The zero-order valence-corrected chi connectivity index (χ0v) is 8.44. The molecule has 14 heavy (non-hydrogen) atoms. The number of β-amino-alcohol motifs (C(OH)–C–C–N with tert-alkyl or cyclic N) is 1. The summed E-state index contributed by atoms with van der Waals surface area (Å²) in [5.74, 6) is -0.799. The smallest absolute Gasteiger partial charge is 0.317 e. The van der Waals surface area contributed by atoms with Crippen molar-refractivity contribution in [3.63, 3.8) is 0 Å². The van der Waals surface area contributed by atoms with Crippen LogP contribution in [0.5, 0.6) is 0 Å². The van der Waals surface area contributed by atoms with Crippen molar-refractivity contribution in [3.05, 3.63) is 0 Å². The quantitative estimate of drug-likeness (QED) is 0.540. The zero-order valence-electron chi connectivity index (χ0n) is 8.44. The van der Waals surface area contributed by atoms with E-state index >= 15 is 0 Å². The lowest BCUT2D eigenvalue weighted by molar-refractivity contribution is -0.138. The minimum absolute atomic E-state index is 0.0786. The Kier molecular flexibility index (Phi) is 4.31. The van der Waals surface area contributed by atoms with Crippen LogP contribution < -0.4 is 5.32 Å². The number of nitrogens with zero attached hydrogens (tertiary/aromatic N) is 1. The van der Waals surface area contributed by atoms with E-state index in [0.29, 0.717) is 12.6 Å². The van der Waals surface area contributed by atoms with Gasteiger partial charge in [0.25, 0.3) is 0 Å². The molecule has 0 aromatic rings. The maximum Gasteiger partial charge on any atom is 0.317 e. The predicted octanol–water partition coefficient (Wildman–Crippen LogP) is -0.884. The van der Waals surface area contributed by atoms with Crippen LogP contribution in [0, 0.1) is 0 Å². The topological polar surface area (TPSA) is 72.8 Å². The summed E-state index contributed by atoms with van der Waals surface area (Å²) >= 11 is 0. The summed E-state index contributed by atoms with van der Waals surface area (Å²) < 4.78 is 0. The molecule has 2 unspecified atom stereocenters. The highest BCUT2D eigenvalue weighted by atomic mass is 16.4. The fourth-order valence-electron chi connectivity index (χ4n) is 1.70. The van der Waals surface area contributed by atoms with Gasteiger partial charge in [-0.15, -0.1) is 0 Å².